The number of hydrogen-bond donors (Lipinski definition) is 2. The number of piperazine rings is 1. The van der Waals surface area contributed by atoms with Gasteiger partial charge in [0.25, 0.3) is 5.91 Å². The van der Waals surface area contributed by atoms with Crippen molar-refractivity contribution in [2.45, 2.75) is 0 Å². The van der Waals surface area contributed by atoms with E-state index in [1.54, 1.807) is 14.2 Å². The highest BCUT2D eigenvalue weighted by atomic mass is 16.5. The molecule has 9 nitrogen and oxygen atoms in total. The fourth-order valence-electron chi connectivity index (χ4n) is 4.18. The van der Waals surface area contributed by atoms with Crippen molar-refractivity contribution in [1.29, 1.82) is 0 Å². The van der Waals surface area contributed by atoms with E-state index in [4.69, 9.17) is 9.47 Å². The SMILES string of the molecule is COc1cc(OC)cc(-c2ccc3c(NC(=O)c4ccc(N5CCN(C)CC5)cc4)n[nH]c3n2)c1. The van der Waals surface area contributed by atoms with E-state index in [0.29, 0.717) is 28.5 Å². The third-order valence-electron chi connectivity index (χ3n) is 6.30. The van der Waals surface area contributed by atoms with Crippen LogP contribution >= 0.6 is 0 Å². The summed E-state index contributed by atoms with van der Waals surface area (Å²) in [4.78, 5) is 22.2. The minimum atomic E-state index is -0.218. The molecule has 0 atom stereocenters. The van der Waals surface area contributed by atoms with Crippen LogP contribution in [0.5, 0.6) is 11.5 Å². The quantitative estimate of drug-likeness (QED) is 0.442. The molecule has 2 aromatic heterocycles. The van der Waals surface area contributed by atoms with Gasteiger partial charge < -0.3 is 24.6 Å². The smallest absolute Gasteiger partial charge is 0.256 e. The first-order valence-electron chi connectivity index (χ1n) is 11.5. The number of methoxy groups -OCH3 is 2. The molecular formula is C26H28N6O3. The van der Waals surface area contributed by atoms with Crippen LogP contribution in [-0.4, -0.2) is 73.4 Å². The molecule has 5 rings (SSSR count). The van der Waals surface area contributed by atoms with Crippen molar-refractivity contribution >= 4 is 28.4 Å². The van der Waals surface area contributed by atoms with Crippen molar-refractivity contribution in [3.63, 3.8) is 0 Å². The van der Waals surface area contributed by atoms with E-state index in [-0.39, 0.29) is 5.91 Å². The van der Waals surface area contributed by atoms with Gasteiger partial charge in [-0.05, 0) is 55.6 Å². The summed E-state index contributed by atoms with van der Waals surface area (Å²) < 4.78 is 10.7. The second-order valence-electron chi connectivity index (χ2n) is 8.56. The predicted molar refractivity (Wildman–Crippen MR) is 137 cm³/mol. The monoisotopic (exact) mass is 472 g/mol. The lowest BCUT2D eigenvalue weighted by atomic mass is 10.1. The Morgan fingerprint density at radius 1 is 0.943 bits per heavy atom. The normalized spacial score (nSPS) is 14.2. The van der Waals surface area contributed by atoms with Crippen molar-refractivity contribution in [3.05, 3.63) is 60.2 Å². The van der Waals surface area contributed by atoms with E-state index in [9.17, 15) is 4.79 Å². The number of H-pyrrole nitrogens is 1. The molecule has 1 fully saturated rings. The molecule has 3 heterocycles. The summed E-state index contributed by atoms with van der Waals surface area (Å²) in [7, 11) is 5.35. The van der Waals surface area contributed by atoms with E-state index in [0.717, 1.165) is 48.5 Å². The summed E-state index contributed by atoms with van der Waals surface area (Å²) in [6.07, 6.45) is 0. The number of fused-ring (bicyclic) bond motifs is 1. The Morgan fingerprint density at radius 2 is 1.63 bits per heavy atom. The molecule has 0 radical (unpaired) electrons. The van der Waals surface area contributed by atoms with Crippen molar-refractivity contribution in [3.8, 4) is 22.8 Å². The molecule has 1 aliphatic heterocycles. The number of amides is 1. The van der Waals surface area contributed by atoms with Crippen molar-refractivity contribution in [1.82, 2.24) is 20.1 Å². The summed E-state index contributed by atoms with van der Waals surface area (Å²) in [6.45, 7) is 4.04. The van der Waals surface area contributed by atoms with Crippen molar-refractivity contribution in [2.24, 2.45) is 0 Å². The number of rotatable bonds is 6. The zero-order valence-electron chi connectivity index (χ0n) is 20.0. The van der Waals surface area contributed by atoms with E-state index in [1.807, 2.05) is 54.6 Å². The van der Waals surface area contributed by atoms with Gasteiger partial charge in [-0.3, -0.25) is 9.89 Å². The summed E-state index contributed by atoms with van der Waals surface area (Å²) in [5.74, 6) is 1.58. The van der Waals surface area contributed by atoms with Gasteiger partial charge in [-0.25, -0.2) is 4.98 Å². The Bertz CT molecular complexity index is 1320. The van der Waals surface area contributed by atoms with Crippen LogP contribution in [0.25, 0.3) is 22.3 Å². The van der Waals surface area contributed by atoms with Gasteiger partial charge in [0.2, 0.25) is 0 Å². The highest BCUT2D eigenvalue weighted by Gasteiger charge is 2.16. The number of benzene rings is 2. The van der Waals surface area contributed by atoms with Crippen LogP contribution in [0.3, 0.4) is 0 Å². The molecule has 0 unspecified atom stereocenters. The van der Waals surface area contributed by atoms with Crippen LogP contribution in [0.2, 0.25) is 0 Å². The number of ether oxygens (including phenoxy) is 2. The molecule has 180 valence electrons. The predicted octanol–water partition coefficient (Wildman–Crippen LogP) is 3.65. The molecule has 0 aliphatic carbocycles. The van der Waals surface area contributed by atoms with Gasteiger partial charge >= 0.3 is 0 Å². The number of carbonyl (C=O) groups is 1. The molecule has 9 heteroatoms. The van der Waals surface area contributed by atoms with Crippen molar-refractivity contribution in [2.75, 3.05) is 57.7 Å². The Labute approximate surface area is 203 Å². The number of carbonyl (C=O) groups excluding carboxylic acids is 1. The molecule has 0 bridgehead atoms. The number of aromatic amines is 1. The number of nitrogens with one attached hydrogen (secondary N) is 2. The summed E-state index contributed by atoms with van der Waals surface area (Å²) in [6, 6.07) is 17.1. The van der Waals surface area contributed by atoms with Gasteiger partial charge in [0, 0.05) is 49.1 Å². The maximum Gasteiger partial charge on any atom is 0.256 e. The Kier molecular flexibility index (Phi) is 6.24. The molecule has 1 aliphatic rings. The maximum absolute atomic E-state index is 12.9. The molecule has 0 saturated carbocycles. The maximum atomic E-state index is 12.9. The fourth-order valence-corrected chi connectivity index (χ4v) is 4.18. The second-order valence-corrected chi connectivity index (χ2v) is 8.56. The van der Waals surface area contributed by atoms with Gasteiger partial charge in [0.05, 0.1) is 25.3 Å². The molecule has 1 amide bonds. The number of anilines is 2. The van der Waals surface area contributed by atoms with E-state index < -0.39 is 0 Å². The summed E-state index contributed by atoms with van der Waals surface area (Å²) >= 11 is 0. The molecule has 35 heavy (non-hydrogen) atoms. The van der Waals surface area contributed by atoms with Crippen LogP contribution in [0.1, 0.15) is 10.4 Å². The van der Waals surface area contributed by atoms with Gasteiger partial charge in [0.15, 0.2) is 11.5 Å². The summed E-state index contributed by atoms with van der Waals surface area (Å²) in [5, 5.41) is 10.8. The summed E-state index contributed by atoms with van der Waals surface area (Å²) in [5.41, 5.74) is 3.86. The van der Waals surface area contributed by atoms with Crippen molar-refractivity contribution < 1.29 is 14.3 Å². The van der Waals surface area contributed by atoms with Crippen LogP contribution in [-0.2, 0) is 0 Å². The highest BCUT2D eigenvalue weighted by molar-refractivity contribution is 6.07. The van der Waals surface area contributed by atoms with Gasteiger partial charge in [-0.1, -0.05) is 0 Å². The standard InChI is InChI=1S/C26H28N6O3/c1-31-10-12-32(13-11-31)19-6-4-17(5-7-19)26(33)28-25-22-8-9-23(27-24(22)29-30-25)18-14-20(34-2)16-21(15-18)35-3/h4-9,14-16H,10-13H2,1-3H3,(H2,27,28,29,30,33). The molecule has 0 spiro atoms. The number of likely N-dealkylation sites (N-methyl/N-ethyl adjacent to an activating group) is 1. The zero-order valence-corrected chi connectivity index (χ0v) is 20.0. The minimum Gasteiger partial charge on any atom is -0.497 e. The topological polar surface area (TPSA) is 95.6 Å². The Morgan fingerprint density at radius 3 is 2.29 bits per heavy atom. The van der Waals surface area contributed by atoms with E-state index in [1.165, 1.54) is 0 Å². The first kappa shape index (κ1) is 22.7. The number of hydrogen-bond acceptors (Lipinski definition) is 7. The molecule has 4 aromatic rings. The molecule has 2 aromatic carbocycles. The third kappa shape index (κ3) is 4.76. The highest BCUT2D eigenvalue weighted by Crippen LogP contribution is 2.30. The van der Waals surface area contributed by atoms with Crippen LogP contribution in [0, 0.1) is 0 Å². The largest absolute Gasteiger partial charge is 0.497 e. The van der Waals surface area contributed by atoms with Gasteiger partial charge in [-0.15, -0.1) is 0 Å². The second kappa shape index (κ2) is 9.63. The first-order chi connectivity index (χ1) is 17.0. The third-order valence-corrected chi connectivity index (χ3v) is 6.30. The van der Waals surface area contributed by atoms with E-state index >= 15 is 0 Å². The molecular weight excluding hydrogens is 444 g/mol. The van der Waals surface area contributed by atoms with Crippen LogP contribution in [0.15, 0.2) is 54.6 Å². The first-order valence-corrected chi connectivity index (χ1v) is 11.5. The number of nitrogens with zero attached hydrogens (tertiary/aromatic N) is 4. The van der Waals surface area contributed by atoms with E-state index in [2.05, 4.69) is 37.3 Å². The lowest BCUT2D eigenvalue weighted by molar-refractivity contribution is 0.102. The van der Waals surface area contributed by atoms with Crippen LogP contribution < -0.4 is 19.7 Å². The average Bonchev–Trinajstić information content (AvgIpc) is 3.30. The number of aromatic nitrogens is 3. The van der Waals surface area contributed by atoms with Gasteiger partial charge in [0.1, 0.15) is 11.5 Å². The average molecular weight is 473 g/mol. The lowest BCUT2D eigenvalue weighted by Crippen LogP contribution is -2.44. The zero-order chi connectivity index (χ0) is 24.4. The molecule has 2 N–H and O–H groups in total. The lowest BCUT2D eigenvalue weighted by Gasteiger charge is -2.34. The minimum absolute atomic E-state index is 0.218. The number of pyridine rings is 1. The fraction of sp³-hybridized carbons (Fsp3) is 0.269. The Hall–Kier alpha value is -4.11. The Balaban J connectivity index is 1.32. The van der Waals surface area contributed by atoms with Crippen LogP contribution in [0.4, 0.5) is 11.5 Å². The van der Waals surface area contributed by atoms with Gasteiger partial charge in [-0.2, -0.15) is 5.10 Å². The molecule has 1 saturated heterocycles.